The highest BCUT2D eigenvalue weighted by Crippen LogP contribution is 2.42. The zero-order valence-corrected chi connectivity index (χ0v) is 49.0. The smallest absolute Gasteiger partial charge is 0.255 e. The second-order valence-corrected chi connectivity index (χ2v) is 20.9. The maximum atomic E-state index is 14.3. The molecule has 0 fully saturated rings. The molecule has 0 heterocycles. The van der Waals surface area contributed by atoms with Crippen LogP contribution in [0.1, 0.15) is 48.4 Å². The molecule has 0 radical (unpaired) electrons. The highest BCUT2D eigenvalue weighted by molar-refractivity contribution is 14.1. The summed E-state index contributed by atoms with van der Waals surface area (Å²) in [6.07, 6.45) is -7.87. The minimum absolute atomic E-state index is 0.00873. The number of methoxy groups -OCH3 is 2. The number of carbonyl (C=O) groups excluding carboxylic acids is 6. The Hall–Kier alpha value is -0.840. The molecule has 14 N–H and O–H groups in total. The zero-order valence-electron chi connectivity index (χ0n) is 36.1. The molecule has 0 bridgehead atoms. The Balaban J connectivity index is 3.11. The zero-order chi connectivity index (χ0) is 52.0. The lowest BCUT2D eigenvalue weighted by atomic mass is 10.0. The maximum absolute atomic E-state index is 14.3. The van der Waals surface area contributed by atoms with Gasteiger partial charge in [-0.1, -0.05) is 0 Å². The van der Waals surface area contributed by atoms with Crippen LogP contribution >= 0.6 is 136 Å². The third kappa shape index (κ3) is 16.1. The molecule has 68 heavy (non-hydrogen) atoms. The first kappa shape index (κ1) is 63.3. The number of rotatable bonds is 26. The van der Waals surface area contributed by atoms with Crippen LogP contribution < -0.4 is 31.1 Å². The average Bonchev–Trinajstić information content (AvgIpc) is 3.28. The number of anilines is 2. The Morgan fingerprint density at radius 3 is 1.07 bits per heavy atom. The van der Waals surface area contributed by atoms with Gasteiger partial charge in [-0.2, -0.15) is 0 Å². The van der Waals surface area contributed by atoms with Gasteiger partial charge in [0.1, 0.15) is 19.3 Å². The van der Waals surface area contributed by atoms with Crippen LogP contribution in [0, 0.1) is 21.4 Å². The summed E-state index contributed by atoms with van der Waals surface area (Å²) in [5, 5.41) is 112. The van der Waals surface area contributed by atoms with Gasteiger partial charge in [0.2, 0.25) is 0 Å². The number of ether oxygens (including phenoxy) is 2. The second-order valence-electron chi connectivity index (χ2n) is 14.5. The Labute approximate surface area is 470 Å². The number of hydrogen-bond acceptors (Lipinski definition) is 18. The van der Waals surface area contributed by atoms with E-state index in [0.717, 1.165) is 18.9 Å². The molecule has 24 nitrogen and oxygen atoms in total. The number of hydrogen-bond donors (Lipinski definition) is 14. The molecule has 6 atom stereocenters. The van der Waals surface area contributed by atoms with Gasteiger partial charge in [0.25, 0.3) is 35.4 Å². The molecule has 0 aliphatic rings. The summed E-state index contributed by atoms with van der Waals surface area (Å²) in [5.41, 5.74) is -4.44. The molecule has 0 aliphatic heterocycles. The van der Waals surface area contributed by atoms with E-state index in [9.17, 15) is 79.8 Å². The van der Waals surface area contributed by atoms with Crippen molar-refractivity contribution in [2.45, 2.75) is 43.2 Å². The van der Waals surface area contributed by atoms with Crippen LogP contribution in [0.2, 0.25) is 0 Å². The summed E-state index contributed by atoms with van der Waals surface area (Å²) in [5.74, 6) is -5.64. The highest BCUT2D eigenvalue weighted by atomic mass is 127. The maximum Gasteiger partial charge on any atom is 0.255 e. The van der Waals surface area contributed by atoms with Gasteiger partial charge in [0.15, 0.2) is 5.72 Å². The summed E-state index contributed by atoms with van der Waals surface area (Å²) in [4.78, 5) is 85.6. The molecule has 6 unspecified atom stereocenters. The van der Waals surface area contributed by atoms with Crippen LogP contribution in [-0.2, 0) is 19.1 Å². The molecular formula is C38H50I6N6O18. The van der Waals surface area contributed by atoms with E-state index in [1.54, 1.807) is 136 Å². The fourth-order valence-electron chi connectivity index (χ4n) is 5.79. The van der Waals surface area contributed by atoms with Crippen molar-refractivity contribution in [3.8, 4) is 0 Å². The minimum Gasteiger partial charge on any atom is -0.394 e. The molecule has 0 saturated carbocycles. The molecule has 2 aromatic carbocycles. The molecule has 2 aromatic rings. The Morgan fingerprint density at radius 1 is 0.515 bits per heavy atom. The van der Waals surface area contributed by atoms with Crippen LogP contribution in [0.5, 0.6) is 0 Å². The number of aliphatic hydroxyl groups excluding tert-OH is 9. The lowest BCUT2D eigenvalue weighted by molar-refractivity contribution is -0.132. The van der Waals surface area contributed by atoms with Crippen molar-refractivity contribution in [1.29, 1.82) is 0 Å². The van der Waals surface area contributed by atoms with Crippen LogP contribution in [0.4, 0.5) is 11.4 Å². The van der Waals surface area contributed by atoms with Crippen LogP contribution in [0.25, 0.3) is 0 Å². The summed E-state index contributed by atoms with van der Waals surface area (Å²) in [6, 6.07) is 0. The quantitative estimate of drug-likeness (QED) is 0.0339. The lowest BCUT2D eigenvalue weighted by Crippen LogP contribution is -2.62. The Bertz CT molecular complexity index is 2050. The fourth-order valence-corrected chi connectivity index (χ4v) is 15.1. The number of nitrogens with one attached hydrogen (secondary N) is 4. The third-order valence-corrected chi connectivity index (χ3v) is 15.7. The lowest BCUT2D eigenvalue weighted by Gasteiger charge is -2.43. The standard InChI is InChI=1S/C38H50I6N6O18/c1-38(66,50(21(61)14-68-3)33-30(43)24(36(64)47-6-17(57)11-53)27(40)25(31(33)44)37(65)48-7-18(58)12-54)19(59)8-49(20(60)13-67-2)32-28(41)22(34(62)45-4-15(55)9-51)26(39)23(29(32)42)35(63)46-5-16(56)10-52/h15-19,51-59,66H,4-14H2,1-3H3,(H,45,62)(H,46,63)(H,47,64)(H,48,65). The van der Waals surface area contributed by atoms with Gasteiger partial charge in [-0.15, -0.1) is 0 Å². The highest BCUT2D eigenvalue weighted by Gasteiger charge is 2.46. The fraction of sp³-hybridized carbons (Fsp3) is 0.526. The summed E-state index contributed by atoms with van der Waals surface area (Å²) < 4.78 is 10.0. The van der Waals surface area contributed by atoms with Crippen molar-refractivity contribution in [1.82, 2.24) is 21.3 Å². The van der Waals surface area contributed by atoms with Gasteiger partial charge in [-0.3, -0.25) is 33.7 Å². The first-order valence-electron chi connectivity index (χ1n) is 19.6. The van der Waals surface area contributed by atoms with E-state index in [1.165, 1.54) is 7.11 Å². The first-order valence-corrected chi connectivity index (χ1v) is 26.0. The van der Waals surface area contributed by atoms with E-state index >= 15 is 0 Å². The molecule has 0 spiro atoms. The van der Waals surface area contributed by atoms with Crippen molar-refractivity contribution in [3.05, 3.63) is 43.7 Å². The third-order valence-electron chi connectivity index (χ3n) is 9.35. The van der Waals surface area contributed by atoms with Crippen LogP contribution in [0.3, 0.4) is 0 Å². The summed E-state index contributed by atoms with van der Waals surface area (Å²) >= 11 is 10.2. The van der Waals surface area contributed by atoms with Crippen molar-refractivity contribution in [2.75, 3.05) is 96.4 Å². The van der Waals surface area contributed by atoms with Crippen molar-refractivity contribution in [2.24, 2.45) is 0 Å². The van der Waals surface area contributed by atoms with Crippen molar-refractivity contribution in [3.63, 3.8) is 0 Å². The van der Waals surface area contributed by atoms with Gasteiger partial charge in [-0.05, 0) is 142 Å². The monoisotopic (exact) mass is 1640 g/mol. The largest absolute Gasteiger partial charge is 0.394 e. The van der Waals surface area contributed by atoms with E-state index in [-0.39, 0.29) is 55.0 Å². The first-order chi connectivity index (χ1) is 31.8. The van der Waals surface area contributed by atoms with Crippen LogP contribution in [-0.4, -0.2) is 209 Å². The number of carbonyl (C=O) groups is 6. The normalized spacial score (nSPS) is 14.5. The summed E-state index contributed by atoms with van der Waals surface area (Å²) in [6.45, 7) is -6.23. The molecule has 2 rings (SSSR count). The van der Waals surface area contributed by atoms with Crippen molar-refractivity contribution >= 4 is 182 Å². The number of amides is 6. The molecule has 382 valence electrons. The molecule has 6 amide bonds. The predicted molar refractivity (Wildman–Crippen MR) is 291 cm³/mol. The van der Waals surface area contributed by atoms with Gasteiger partial charge >= 0.3 is 0 Å². The SMILES string of the molecule is COCC(=O)N(CC(O)C(C)(O)N(C(=O)COC)c1c(I)c(C(=O)NCC(O)CO)c(I)c(C(=O)NCC(O)CO)c1I)c1c(I)c(C(=O)NCC(O)CO)c(I)c(C(=O)NCC(O)CO)c1I. The number of benzene rings is 2. The van der Waals surface area contributed by atoms with E-state index in [2.05, 4.69) is 21.3 Å². The van der Waals surface area contributed by atoms with Gasteiger partial charge in [-0.25, -0.2) is 0 Å². The Morgan fingerprint density at radius 2 is 0.794 bits per heavy atom. The topological polar surface area (TPSA) is 378 Å². The number of halogens is 6. The van der Waals surface area contributed by atoms with E-state index < -0.39 is 144 Å². The van der Waals surface area contributed by atoms with E-state index in [4.69, 9.17) is 9.47 Å². The minimum atomic E-state index is -2.86. The molecule has 0 aromatic heterocycles. The van der Waals surface area contributed by atoms with Gasteiger partial charge in [0.05, 0.1) is 105 Å². The average molecular weight is 1640 g/mol. The van der Waals surface area contributed by atoms with Crippen LogP contribution in [0.15, 0.2) is 0 Å². The van der Waals surface area contributed by atoms with Gasteiger partial charge in [0, 0.05) is 47.5 Å². The number of aliphatic hydroxyl groups is 10. The predicted octanol–water partition coefficient (Wildman–Crippen LogP) is -2.63. The van der Waals surface area contributed by atoms with Gasteiger partial charge < -0.3 is 86.7 Å². The van der Waals surface area contributed by atoms with E-state index in [1.807, 2.05) is 0 Å². The molecular weight excluding hydrogens is 1590 g/mol. The Kier molecular flexibility index (Phi) is 27.7. The second kappa shape index (κ2) is 29.8. The summed E-state index contributed by atoms with van der Waals surface area (Å²) in [7, 11) is 2.32. The van der Waals surface area contributed by atoms with E-state index in [0.29, 0.717) is 4.90 Å². The molecule has 0 aliphatic carbocycles. The molecule has 0 saturated heterocycles. The van der Waals surface area contributed by atoms with Crippen molar-refractivity contribution < 1.29 is 89.3 Å². The number of nitrogens with zero attached hydrogens (tertiary/aromatic N) is 2. The molecule has 30 heteroatoms.